The lowest BCUT2D eigenvalue weighted by molar-refractivity contribution is -0.293. The molecule has 0 fully saturated rings. The number of benzene rings is 1. The molecule has 19 heavy (non-hydrogen) atoms. The second kappa shape index (κ2) is 4.72. The molecule has 7 heteroatoms. The number of fused-ring (bicyclic) bond motifs is 1. The lowest BCUT2D eigenvalue weighted by Gasteiger charge is -2.28. The van der Waals surface area contributed by atoms with Crippen molar-refractivity contribution in [2.45, 2.75) is 18.1 Å². The van der Waals surface area contributed by atoms with E-state index >= 15 is 0 Å². The lowest BCUT2D eigenvalue weighted by Crippen LogP contribution is -2.46. The molecule has 1 unspecified atom stereocenters. The van der Waals surface area contributed by atoms with Crippen LogP contribution in [0.4, 0.5) is 22.0 Å². The molecule has 0 aliphatic rings. The Bertz CT molecular complexity index is 575. The maximum absolute atomic E-state index is 13.5. The van der Waals surface area contributed by atoms with E-state index < -0.39 is 18.1 Å². The summed E-state index contributed by atoms with van der Waals surface area (Å²) in [4.78, 5) is 0. The van der Waals surface area contributed by atoms with Gasteiger partial charge in [0.25, 0.3) is 0 Å². The van der Waals surface area contributed by atoms with Crippen LogP contribution in [0.1, 0.15) is 11.6 Å². The summed E-state index contributed by atoms with van der Waals surface area (Å²) in [7, 11) is 1.09. The van der Waals surface area contributed by atoms with Crippen molar-refractivity contribution in [2.24, 2.45) is 0 Å². The first-order valence-corrected chi connectivity index (χ1v) is 6.25. The predicted molar refractivity (Wildman–Crippen MR) is 64.6 cm³/mol. The Labute approximate surface area is 110 Å². The van der Waals surface area contributed by atoms with Gasteiger partial charge in [0.1, 0.15) is 6.04 Å². The predicted octanol–water partition coefficient (Wildman–Crippen LogP) is 4.36. The molecular weight excluding hydrogens is 285 g/mol. The van der Waals surface area contributed by atoms with Crippen molar-refractivity contribution in [1.29, 1.82) is 0 Å². The van der Waals surface area contributed by atoms with Gasteiger partial charge in [0.2, 0.25) is 0 Å². The van der Waals surface area contributed by atoms with Gasteiger partial charge in [-0.1, -0.05) is 18.2 Å². The maximum atomic E-state index is 13.5. The fraction of sp³-hybridized carbons (Fsp3) is 0.333. The molecule has 0 aliphatic carbocycles. The van der Waals surface area contributed by atoms with Gasteiger partial charge in [-0.25, -0.2) is 0 Å². The van der Waals surface area contributed by atoms with E-state index in [1.165, 1.54) is 11.4 Å². The summed E-state index contributed by atoms with van der Waals surface area (Å²) < 4.78 is 65.1. The molecule has 0 amide bonds. The van der Waals surface area contributed by atoms with Gasteiger partial charge in [0.05, 0.1) is 0 Å². The molecule has 0 radical (unpaired) electrons. The largest absolute Gasteiger partial charge is 0.455 e. The van der Waals surface area contributed by atoms with Crippen molar-refractivity contribution in [3.8, 4) is 0 Å². The van der Waals surface area contributed by atoms with Crippen LogP contribution in [0.3, 0.4) is 0 Å². The Morgan fingerprint density at radius 3 is 2.32 bits per heavy atom. The van der Waals surface area contributed by atoms with E-state index in [1.807, 2.05) is 0 Å². The van der Waals surface area contributed by atoms with E-state index in [2.05, 4.69) is 5.32 Å². The normalized spacial score (nSPS) is 14.8. The minimum absolute atomic E-state index is 0.0366. The Balaban J connectivity index is 2.54. The summed E-state index contributed by atoms with van der Waals surface area (Å²) in [5.74, 6) is -4.83. The summed E-state index contributed by atoms with van der Waals surface area (Å²) in [5, 5.41) is 3.83. The van der Waals surface area contributed by atoms with Crippen LogP contribution < -0.4 is 5.32 Å². The third kappa shape index (κ3) is 2.32. The lowest BCUT2D eigenvalue weighted by atomic mass is 9.99. The van der Waals surface area contributed by atoms with E-state index in [9.17, 15) is 22.0 Å². The second-order valence-electron chi connectivity index (χ2n) is 4.03. The number of halogens is 5. The molecule has 1 atom stereocenters. The first-order valence-electron chi connectivity index (χ1n) is 5.37. The molecule has 1 heterocycles. The maximum Gasteiger partial charge on any atom is 0.455 e. The van der Waals surface area contributed by atoms with E-state index in [-0.39, 0.29) is 5.56 Å². The van der Waals surface area contributed by atoms with E-state index in [0.717, 1.165) is 18.4 Å². The smallest absolute Gasteiger partial charge is 0.308 e. The molecule has 0 spiro atoms. The Morgan fingerprint density at radius 1 is 1.11 bits per heavy atom. The van der Waals surface area contributed by atoms with Gasteiger partial charge in [-0.05, 0) is 29.4 Å². The third-order valence-corrected chi connectivity index (χ3v) is 3.83. The fourth-order valence-corrected chi connectivity index (χ4v) is 2.90. The van der Waals surface area contributed by atoms with Gasteiger partial charge in [0.15, 0.2) is 0 Å². The fourth-order valence-electron chi connectivity index (χ4n) is 1.92. The van der Waals surface area contributed by atoms with E-state index in [0.29, 0.717) is 10.1 Å². The van der Waals surface area contributed by atoms with Crippen LogP contribution in [0.5, 0.6) is 0 Å². The van der Waals surface area contributed by atoms with Crippen LogP contribution >= 0.6 is 11.3 Å². The molecule has 2 aromatic rings. The van der Waals surface area contributed by atoms with Crippen molar-refractivity contribution >= 4 is 21.4 Å². The van der Waals surface area contributed by atoms with Crippen molar-refractivity contribution in [1.82, 2.24) is 5.32 Å². The summed E-state index contributed by atoms with van der Waals surface area (Å²) in [6.07, 6.45) is -5.59. The number of rotatable bonds is 3. The second-order valence-corrected chi connectivity index (χ2v) is 4.94. The summed E-state index contributed by atoms with van der Waals surface area (Å²) in [6.45, 7) is 0. The number of nitrogens with one attached hydrogen (secondary N) is 1. The van der Waals surface area contributed by atoms with Gasteiger partial charge >= 0.3 is 12.1 Å². The Morgan fingerprint density at radius 2 is 1.74 bits per heavy atom. The average molecular weight is 295 g/mol. The zero-order chi connectivity index (χ0) is 14.3. The van der Waals surface area contributed by atoms with Crippen molar-refractivity contribution in [3.05, 3.63) is 35.2 Å². The van der Waals surface area contributed by atoms with Gasteiger partial charge in [-0.3, -0.25) is 0 Å². The van der Waals surface area contributed by atoms with E-state index in [1.54, 1.807) is 18.2 Å². The van der Waals surface area contributed by atoms with Crippen LogP contribution in [0.15, 0.2) is 29.6 Å². The highest BCUT2D eigenvalue weighted by atomic mass is 32.1. The summed E-state index contributed by atoms with van der Waals surface area (Å²) in [6, 6.07) is 4.44. The molecule has 0 saturated heterocycles. The van der Waals surface area contributed by atoms with E-state index in [4.69, 9.17) is 0 Å². The molecule has 1 nitrogen and oxygen atoms in total. The highest BCUT2D eigenvalue weighted by Crippen LogP contribution is 2.46. The SMILES string of the molecule is CNC(c1csc2ccccc12)C(F)(F)C(F)(F)F. The molecule has 1 aromatic carbocycles. The van der Waals surface area contributed by atoms with Crippen molar-refractivity contribution in [3.63, 3.8) is 0 Å². The Kier molecular flexibility index (Phi) is 3.53. The molecular formula is C12H10F5NS. The van der Waals surface area contributed by atoms with Crippen LogP contribution in [-0.2, 0) is 0 Å². The number of hydrogen-bond donors (Lipinski definition) is 1. The Hall–Kier alpha value is -1.21. The molecule has 1 N–H and O–H groups in total. The minimum atomic E-state index is -5.59. The summed E-state index contributed by atoms with van der Waals surface area (Å²) in [5.41, 5.74) is -0.0366. The first-order chi connectivity index (χ1) is 8.79. The van der Waals surface area contributed by atoms with Crippen molar-refractivity contribution in [2.75, 3.05) is 7.05 Å². The molecule has 0 aliphatic heterocycles. The molecule has 1 aromatic heterocycles. The number of thiophene rings is 1. The summed E-state index contributed by atoms with van der Waals surface area (Å²) >= 11 is 1.14. The molecule has 0 bridgehead atoms. The zero-order valence-corrected chi connectivity index (χ0v) is 10.6. The van der Waals surface area contributed by atoms with Crippen LogP contribution in [0, 0.1) is 0 Å². The molecule has 104 valence electrons. The molecule has 2 rings (SSSR count). The zero-order valence-electron chi connectivity index (χ0n) is 9.76. The number of hydrogen-bond acceptors (Lipinski definition) is 2. The quantitative estimate of drug-likeness (QED) is 0.830. The highest BCUT2D eigenvalue weighted by molar-refractivity contribution is 7.17. The average Bonchev–Trinajstić information content (AvgIpc) is 2.73. The minimum Gasteiger partial charge on any atom is -0.308 e. The standard InChI is InChI=1S/C12H10F5NS/c1-18-10(11(13,14)12(15,16)17)8-6-19-9-5-3-2-4-7(8)9/h2-6,10,18H,1H3. The van der Waals surface area contributed by atoms with Crippen LogP contribution in [-0.4, -0.2) is 19.1 Å². The van der Waals surface area contributed by atoms with Crippen LogP contribution in [0.25, 0.3) is 10.1 Å². The first kappa shape index (κ1) is 14.2. The van der Waals surface area contributed by atoms with Gasteiger partial charge < -0.3 is 5.32 Å². The van der Waals surface area contributed by atoms with Gasteiger partial charge in [0, 0.05) is 4.70 Å². The number of alkyl halides is 5. The monoisotopic (exact) mass is 295 g/mol. The van der Waals surface area contributed by atoms with Crippen molar-refractivity contribution < 1.29 is 22.0 Å². The van der Waals surface area contributed by atoms with Gasteiger partial charge in [-0.15, -0.1) is 11.3 Å². The molecule has 0 saturated carbocycles. The third-order valence-electron chi connectivity index (χ3n) is 2.85. The van der Waals surface area contributed by atoms with Crippen LogP contribution in [0.2, 0.25) is 0 Å². The van der Waals surface area contributed by atoms with Gasteiger partial charge in [-0.2, -0.15) is 22.0 Å². The highest BCUT2D eigenvalue weighted by Gasteiger charge is 2.62. The topological polar surface area (TPSA) is 12.0 Å².